The molecule has 2 amide bonds. The summed E-state index contributed by atoms with van der Waals surface area (Å²) in [6.45, 7) is 6.90. The van der Waals surface area contributed by atoms with Crippen LogP contribution in [-0.2, 0) is 20.9 Å². The molecule has 2 aliphatic rings. The molecule has 2 heterocycles. The van der Waals surface area contributed by atoms with Gasteiger partial charge in [-0.2, -0.15) is 5.10 Å². The lowest BCUT2D eigenvalue weighted by atomic mass is 10.1. The molecule has 0 spiro atoms. The number of likely N-dealkylation sites (tertiary alicyclic amines) is 1. The Kier molecular flexibility index (Phi) is 7.66. The zero-order valence-corrected chi connectivity index (χ0v) is 17.9. The Morgan fingerprint density at radius 2 is 1.90 bits per heavy atom. The van der Waals surface area contributed by atoms with Gasteiger partial charge >= 0.3 is 0 Å². The fourth-order valence-corrected chi connectivity index (χ4v) is 4.19. The Labute approximate surface area is 173 Å². The molecule has 0 bridgehead atoms. The second-order valence-corrected chi connectivity index (χ2v) is 8.46. The van der Waals surface area contributed by atoms with Crippen LogP contribution in [0.3, 0.4) is 0 Å². The van der Waals surface area contributed by atoms with Crippen LogP contribution < -0.4 is 10.6 Å². The molecule has 0 unspecified atom stereocenters. The number of hydrogen-bond acceptors (Lipinski definition) is 5. The van der Waals surface area contributed by atoms with Gasteiger partial charge in [0.2, 0.25) is 11.8 Å². The summed E-state index contributed by atoms with van der Waals surface area (Å²) in [5, 5.41) is 10.4. The van der Waals surface area contributed by atoms with Crippen LogP contribution >= 0.6 is 0 Å². The molecule has 8 heteroatoms. The number of aryl methyl sites for hydroxylation is 2. The fourth-order valence-electron chi connectivity index (χ4n) is 4.19. The molecule has 2 atom stereocenters. The van der Waals surface area contributed by atoms with Crippen LogP contribution in [0.2, 0.25) is 0 Å². The van der Waals surface area contributed by atoms with Crippen LogP contribution in [0.15, 0.2) is 6.07 Å². The van der Waals surface area contributed by atoms with Gasteiger partial charge in [-0.3, -0.25) is 19.2 Å². The topological polar surface area (TPSA) is 88.5 Å². The summed E-state index contributed by atoms with van der Waals surface area (Å²) in [4.78, 5) is 27.1. The quantitative estimate of drug-likeness (QED) is 0.537. The normalized spacial score (nSPS) is 22.0. The van der Waals surface area contributed by atoms with Gasteiger partial charge in [-0.05, 0) is 51.5 Å². The summed E-state index contributed by atoms with van der Waals surface area (Å²) in [6.07, 6.45) is 5.10. The van der Waals surface area contributed by atoms with E-state index in [-0.39, 0.29) is 24.4 Å². The number of ether oxygens (including phenoxy) is 1. The molecule has 2 N–H and O–H groups in total. The lowest BCUT2D eigenvalue weighted by Crippen LogP contribution is -2.46. The van der Waals surface area contributed by atoms with Crippen molar-refractivity contribution in [2.75, 3.05) is 33.4 Å². The predicted molar refractivity (Wildman–Crippen MR) is 110 cm³/mol. The number of nitrogens with zero attached hydrogens (tertiary/aromatic N) is 3. The number of rotatable bonds is 11. The average Bonchev–Trinajstić information content (AvgIpc) is 3.33. The minimum atomic E-state index is -0.0108. The molecular weight excluding hydrogens is 370 g/mol. The second-order valence-electron chi connectivity index (χ2n) is 8.46. The second kappa shape index (κ2) is 10.2. The maximum absolute atomic E-state index is 12.4. The monoisotopic (exact) mass is 405 g/mol. The molecule has 1 aromatic rings. The Bertz CT molecular complexity index is 700. The van der Waals surface area contributed by atoms with E-state index in [2.05, 4.69) is 20.6 Å². The highest BCUT2D eigenvalue weighted by Crippen LogP contribution is 2.35. The third-order valence-electron chi connectivity index (χ3n) is 5.92. The summed E-state index contributed by atoms with van der Waals surface area (Å²) in [6, 6.07) is 2.54. The van der Waals surface area contributed by atoms with Gasteiger partial charge in [0.15, 0.2) is 0 Å². The first-order valence-electron chi connectivity index (χ1n) is 10.8. The molecular formula is C21H35N5O3. The first-order chi connectivity index (χ1) is 14.0. The molecule has 2 fully saturated rings. The maximum Gasteiger partial charge on any atom is 0.241 e. The largest absolute Gasteiger partial charge is 0.383 e. The highest BCUT2D eigenvalue weighted by atomic mass is 16.5. The maximum atomic E-state index is 12.4. The zero-order chi connectivity index (χ0) is 20.8. The smallest absolute Gasteiger partial charge is 0.241 e. The fraction of sp³-hybridized carbons (Fsp3) is 0.762. The average molecular weight is 406 g/mol. The van der Waals surface area contributed by atoms with Gasteiger partial charge in [0, 0.05) is 50.9 Å². The third-order valence-corrected chi connectivity index (χ3v) is 5.92. The summed E-state index contributed by atoms with van der Waals surface area (Å²) in [7, 11) is 1.63. The van der Waals surface area contributed by atoms with E-state index in [0.717, 1.165) is 36.7 Å². The Morgan fingerprint density at radius 1 is 1.14 bits per heavy atom. The van der Waals surface area contributed by atoms with Crippen molar-refractivity contribution in [1.82, 2.24) is 25.3 Å². The van der Waals surface area contributed by atoms with E-state index in [4.69, 9.17) is 4.74 Å². The van der Waals surface area contributed by atoms with Crippen molar-refractivity contribution in [3.05, 3.63) is 17.5 Å². The molecule has 29 heavy (non-hydrogen) atoms. The molecule has 1 aromatic heterocycles. The standard InChI is InChI=1S/C21H35N5O3/c1-15-10-16(2)26(24-15)14-21(28)23-12-19-7-6-18(25(19)13-17-4-5-17)11-20(27)22-8-9-29-3/h10,17-19H,4-9,11-14H2,1-3H3,(H,22,27)(H,23,28)/t18-,19+/m1/s1. The van der Waals surface area contributed by atoms with Crippen molar-refractivity contribution in [2.24, 2.45) is 5.92 Å². The molecule has 162 valence electrons. The van der Waals surface area contributed by atoms with Crippen molar-refractivity contribution in [2.45, 2.75) is 64.6 Å². The molecule has 8 nitrogen and oxygen atoms in total. The molecule has 3 rings (SSSR count). The zero-order valence-electron chi connectivity index (χ0n) is 17.9. The summed E-state index contributed by atoms with van der Waals surface area (Å²) < 4.78 is 6.74. The SMILES string of the molecule is COCCNC(=O)C[C@H]1CC[C@@H](CNC(=O)Cn2nc(C)cc2C)N1CC1CC1. The highest BCUT2D eigenvalue weighted by molar-refractivity contribution is 5.76. The lowest BCUT2D eigenvalue weighted by molar-refractivity contribution is -0.123. The molecule has 1 aliphatic carbocycles. The van der Waals surface area contributed by atoms with E-state index in [1.54, 1.807) is 11.8 Å². The highest BCUT2D eigenvalue weighted by Gasteiger charge is 2.37. The van der Waals surface area contributed by atoms with Crippen molar-refractivity contribution in [3.8, 4) is 0 Å². The van der Waals surface area contributed by atoms with Crippen LogP contribution in [0, 0.1) is 19.8 Å². The summed E-state index contributed by atoms with van der Waals surface area (Å²) >= 11 is 0. The minimum Gasteiger partial charge on any atom is -0.383 e. The van der Waals surface area contributed by atoms with Crippen molar-refractivity contribution >= 4 is 11.8 Å². The number of carbonyl (C=O) groups excluding carboxylic acids is 2. The molecule has 0 radical (unpaired) electrons. The molecule has 1 aliphatic heterocycles. The molecule has 1 saturated carbocycles. The first kappa shape index (κ1) is 21.8. The van der Waals surface area contributed by atoms with Crippen LogP contribution in [0.25, 0.3) is 0 Å². The van der Waals surface area contributed by atoms with E-state index in [1.807, 2.05) is 19.9 Å². The number of nitrogens with one attached hydrogen (secondary N) is 2. The first-order valence-corrected chi connectivity index (χ1v) is 10.8. The van der Waals surface area contributed by atoms with Crippen LogP contribution in [0.1, 0.15) is 43.5 Å². The van der Waals surface area contributed by atoms with E-state index < -0.39 is 0 Å². The molecule has 1 saturated heterocycles. The summed E-state index contributed by atoms with van der Waals surface area (Å²) in [5.41, 5.74) is 1.92. The lowest BCUT2D eigenvalue weighted by Gasteiger charge is -2.30. The number of methoxy groups -OCH3 is 1. The minimum absolute atomic E-state index is 0.0108. The Hall–Kier alpha value is -1.93. The van der Waals surface area contributed by atoms with Gasteiger partial charge in [0.1, 0.15) is 6.54 Å². The van der Waals surface area contributed by atoms with Crippen LogP contribution in [0.5, 0.6) is 0 Å². The number of amides is 2. The van der Waals surface area contributed by atoms with Crippen LogP contribution in [-0.4, -0.2) is 71.9 Å². The van der Waals surface area contributed by atoms with E-state index in [1.165, 1.54) is 12.8 Å². The van der Waals surface area contributed by atoms with Crippen molar-refractivity contribution in [1.29, 1.82) is 0 Å². The van der Waals surface area contributed by atoms with Crippen molar-refractivity contribution in [3.63, 3.8) is 0 Å². The number of aromatic nitrogens is 2. The predicted octanol–water partition coefficient (Wildman–Crippen LogP) is 1.01. The molecule has 0 aromatic carbocycles. The number of carbonyl (C=O) groups is 2. The summed E-state index contributed by atoms with van der Waals surface area (Å²) in [5.74, 6) is 0.824. The van der Waals surface area contributed by atoms with Gasteiger partial charge < -0.3 is 15.4 Å². The van der Waals surface area contributed by atoms with Crippen LogP contribution in [0.4, 0.5) is 0 Å². The Balaban J connectivity index is 1.49. The van der Waals surface area contributed by atoms with E-state index in [0.29, 0.717) is 32.2 Å². The van der Waals surface area contributed by atoms with E-state index in [9.17, 15) is 9.59 Å². The third kappa shape index (κ3) is 6.54. The van der Waals surface area contributed by atoms with Gasteiger partial charge in [0.05, 0.1) is 12.3 Å². The Morgan fingerprint density at radius 3 is 2.55 bits per heavy atom. The van der Waals surface area contributed by atoms with Crippen molar-refractivity contribution < 1.29 is 14.3 Å². The van der Waals surface area contributed by atoms with Gasteiger partial charge in [0.25, 0.3) is 0 Å². The van der Waals surface area contributed by atoms with E-state index >= 15 is 0 Å². The number of hydrogen-bond donors (Lipinski definition) is 2. The van der Waals surface area contributed by atoms with Gasteiger partial charge in [-0.25, -0.2) is 0 Å². The van der Waals surface area contributed by atoms with Gasteiger partial charge in [-0.15, -0.1) is 0 Å². The van der Waals surface area contributed by atoms with Gasteiger partial charge in [-0.1, -0.05) is 0 Å².